The van der Waals surface area contributed by atoms with E-state index in [-0.39, 0.29) is 11.9 Å². The largest absolute Gasteiger partial charge is 0.459 e. The van der Waals surface area contributed by atoms with Crippen molar-refractivity contribution in [3.8, 4) is 0 Å². The van der Waals surface area contributed by atoms with Gasteiger partial charge in [0.1, 0.15) is 0 Å². The third-order valence-corrected chi connectivity index (χ3v) is 5.87. The average molecular weight is 442 g/mol. The molecular weight excluding hydrogens is 417 g/mol. The molecular formula is C25H25F3N2O2. The molecule has 0 spiro atoms. The number of aryl methyl sites for hydroxylation is 1. The number of anilines is 1. The van der Waals surface area contributed by atoms with Crippen molar-refractivity contribution < 1.29 is 22.4 Å². The fourth-order valence-electron chi connectivity index (χ4n) is 4.11. The van der Waals surface area contributed by atoms with E-state index in [2.05, 4.69) is 4.90 Å². The van der Waals surface area contributed by atoms with Crippen molar-refractivity contribution in [1.82, 2.24) is 4.90 Å². The van der Waals surface area contributed by atoms with Crippen LogP contribution in [0, 0.1) is 6.92 Å². The molecule has 1 saturated heterocycles. The summed E-state index contributed by atoms with van der Waals surface area (Å²) in [4.78, 5) is 17.2. The van der Waals surface area contributed by atoms with Crippen LogP contribution in [-0.4, -0.2) is 29.9 Å². The Balaban J connectivity index is 1.44. The zero-order chi connectivity index (χ0) is 22.7. The summed E-state index contributed by atoms with van der Waals surface area (Å²) >= 11 is 0. The van der Waals surface area contributed by atoms with Gasteiger partial charge in [0.25, 0.3) is 5.91 Å². The number of piperidine rings is 1. The number of hydrogen-bond acceptors (Lipinski definition) is 3. The van der Waals surface area contributed by atoms with Gasteiger partial charge in [-0.05, 0) is 61.7 Å². The molecule has 0 N–H and O–H groups in total. The zero-order valence-electron chi connectivity index (χ0n) is 17.8. The Kier molecular flexibility index (Phi) is 6.37. The summed E-state index contributed by atoms with van der Waals surface area (Å²) in [6.07, 6.45) is -1.30. The summed E-state index contributed by atoms with van der Waals surface area (Å²) in [5.41, 5.74) is 2.16. The summed E-state index contributed by atoms with van der Waals surface area (Å²) in [5.74, 6) is 0.137. The molecule has 1 aromatic heterocycles. The highest BCUT2D eigenvalue weighted by atomic mass is 19.4. The number of carbonyl (C=O) groups is 1. The summed E-state index contributed by atoms with van der Waals surface area (Å²) in [7, 11) is 0. The van der Waals surface area contributed by atoms with E-state index in [9.17, 15) is 18.0 Å². The normalized spacial score (nSPS) is 15.6. The summed E-state index contributed by atoms with van der Waals surface area (Å²) in [6.45, 7) is 4.09. The average Bonchev–Trinajstić information content (AvgIpc) is 3.31. The molecule has 7 heteroatoms. The minimum absolute atomic E-state index is 0.0131. The third-order valence-electron chi connectivity index (χ3n) is 5.87. The van der Waals surface area contributed by atoms with Crippen molar-refractivity contribution in [2.24, 2.45) is 0 Å². The molecule has 2 heterocycles. The fraction of sp³-hybridized carbons (Fsp3) is 0.320. The van der Waals surface area contributed by atoms with E-state index in [0.29, 0.717) is 12.3 Å². The highest BCUT2D eigenvalue weighted by Gasteiger charge is 2.32. The number of amides is 1. The maximum Gasteiger partial charge on any atom is 0.416 e. The zero-order valence-corrected chi connectivity index (χ0v) is 17.8. The van der Waals surface area contributed by atoms with Crippen LogP contribution in [0.5, 0.6) is 0 Å². The molecule has 0 saturated carbocycles. The quantitative estimate of drug-likeness (QED) is 0.492. The van der Waals surface area contributed by atoms with E-state index in [1.807, 2.05) is 36.1 Å². The van der Waals surface area contributed by atoms with Crippen LogP contribution >= 0.6 is 0 Å². The second-order valence-corrected chi connectivity index (χ2v) is 8.19. The molecule has 1 amide bonds. The first-order valence-corrected chi connectivity index (χ1v) is 10.6. The van der Waals surface area contributed by atoms with Crippen LogP contribution in [0.4, 0.5) is 18.9 Å². The van der Waals surface area contributed by atoms with Gasteiger partial charge >= 0.3 is 6.18 Å². The number of alkyl halides is 3. The lowest BCUT2D eigenvalue weighted by molar-refractivity contribution is -0.137. The van der Waals surface area contributed by atoms with Crippen LogP contribution in [0.15, 0.2) is 71.3 Å². The first-order valence-electron chi connectivity index (χ1n) is 10.6. The van der Waals surface area contributed by atoms with Crippen molar-refractivity contribution in [3.05, 3.63) is 89.4 Å². The molecule has 1 aliphatic rings. The topological polar surface area (TPSA) is 36.7 Å². The predicted octanol–water partition coefficient (Wildman–Crippen LogP) is 5.92. The molecule has 168 valence electrons. The number of carbonyl (C=O) groups excluding carboxylic acids is 1. The number of furan rings is 1. The molecule has 0 radical (unpaired) electrons. The Bertz CT molecular complexity index is 1020. The number of nitrogens with zero attached hydrogens (tertiary/aromatic N) is 2. The van der Waals surface area contributed by atoms with Crippen molar-refractivity contribution in [2.45, 2.75) is 38.5 Å². The summed E-state index contributed by atoms with van der Waals surface area (Å²) in [6, 6.07) is 16.6. The first-order chi connectivity index (χ1) is 15.3. The monoisotopic (exact) mass is 442 g/mol. The van der Waals surface area contributed by atoms with Gasteiger partial charge in [-0.25, -0.2) is 0 Å². The van der Waals surface area contributed by atoms with Crippen molar-refractivity contribution in [1.29, 1.82) is 0 Å². The molecule has 0 aliphatic carbocycles. The Morgan fingerprint density at radius 2 is 1.69 bits per heavy atom. The van der Waals surface area contributed by atoms with E-state index in [1.165, 1.54) is 18.4 Å². The lowest BCUT2D eigenvalue weighted by Crippen LogP contribution is -2.47. The van der Waals surface area contributed by atoms with Crippen LogP contribution in [-0.2, 0) is 12.7 Å². The minimum atomic E-state index is -4.32. The molecule has 0 atom stereocenters. The Labute approximate surface area is 185 Å². The van der Waals surface area contributed by atoms with Crippen molar-refractivity contribution >= 4 is 11.6 Å². The molecule has 1 aliphatic heterocycles. The SMILES string of the molecule is Cc1ccc(N(C(=O)c2ccco2)C2CCN(Cc3ccc(C(F)(F)F)cc3)CC2)cc1. The van der Waals surface area contributed by atoms with E-state index in [0.717, 1.165) is 54.9 Å². The summed E-state index contributed by atoms with van der Waals surface area (Å²) in [5, 5.41) is 0. The lowest BCUT2D eigenvalue weighted by Gasteiger charge is -2.38. The van der Waals surface area contributed by atoms with Gasteiger partial charge in [-0.1, -0.05) is 29.8 Å². The fourth-order valence-corrected chi connectivity index (χ4v) is 4.11. The number of rotatable bonds is 5. The van der Waals surface area contributed by atoms with Crippen molar-refractivity contribution in [2.75, 3.05) is 18.0 Å². The van der Waals surface area contributed by atoms with Gasteiger partial charge in [-0.3, -0.25) is 9.69 Å². The van der Waals surface area contributed by atoms with Crippen LogP contribution in [0.25, 0.3) is 0 Å². The second kappa shape index (κ2) is 9.20. The van der Waals surface area contributed by atoms with Gasteiger partial charge < -0.3 is 9.32 Å². The molecule has 4 rings (SSSR count). The van der Waals surface area contributed by atoms with Crippen LogP contribution in [0.1, 0.15) is 40.1 Å². The van der Waals surface area contributed by atoms with Crippen molar-refractivity contribution in [3.63, 3.8) is 0 Å². The Morgan fingerprint density at radius 1 is 1.03 bits per heavy atom. The van der Waals surface area contributed by atoms with Gasteiger partial charge in [0, 0.05) is 31.4 Å². The second-order valence-electron chi connectivity index (χ2n) is 8.19. The minimum Gasteiger partial charge on any atom is -0.459 e. The maximum absolute atomic E-state index is 13.2. The van der Waals surface area contributed by atoms with Gasteiger partial charge in [0.05, 0.1) is 11.8 Å². The Hall–Kier alpha value is -3.06. The smallest absolute Gasteiger partial charge is 0.416 e. The van der Waals surface area contributed by atoms with Crippen LogP contribution in [0.2, 0.25) is 0 Å². The number of halogens is 3. The molecule has 0 bridgehead atoms. The highest BCUT2D eigenvalue weighted by molar-refractivity contribution is 6.04. The third kappa shape index (κ3) is 5.05. The van der Waals surface area contributed by atoms with E-state index in [4.69, 9.17) is 4.42 Å². The highest BCUT2D eigenvalue weighted by Crippen LogP contribution is 2.30. The maximum atomic E-state index is 13.2. The van der Waals surface area contributed by atoms with Crippen LogP contribution < -0.4 is 4.90 Å². The molecule has 2 aromatic carbocycles. The van der Waals surface area contributed by atoms with E-state index in [1.54, 1.807) is 12.1 Å². The molecule has 3 aromatic rings. The standard InChI is InChI=1S/C25H25F3N2O2/c1-18-4-10-21(11-5-18)30(24(31)23-3-2-16-32-23)22-12-14-29(15-13-22)17-19-6-8-20(9-7-19)25(26,27)28/h2-11,16,22H,12-15,17H2,1H3. The lowest BCUT2D eigenvalue weighted by atomic mass is 10.0. The predicted molar refractivity (Wildman–Crippen MR) is 116 cm³/mol. The van der Waals surface area contributed by atoms with Gasteiger partial charge in [-0.15, -0.1) is 0 Å². The van der Waals surface area contributed by atoms with E-state index >= 15 is 0 Å². The van der Waals surface area contributed by atoms with Crippen LogP contribution in [0.3, 0.4) is 0 Å². The van der Waals surface area contributed by atoms with Gasteiger partial charge in [0.15, 0.2) is 5.76 Å². The molecule has 32 heavy (non-hydrogen) atoms. The number of likely N-dealkylation sites (tertiary alicyclic amines) is 1. The van der Waals surface area contributed by atoms with E-state index < -0.39 is 11.7 Å². The van der Waals surface area contributed by atoms with Gasteiger partial charge in [0.2, 0.25) is 0 Å². The number of benzene rings is 2. The van der Waals surface area contributed by atoms with Gasteiger partial charge in [-0.2, -0.15) is 13.2 Å². The Morgan fingerprint density at radius 3 is 2.25 bits per heavy atom. The molecule has 4 nitrogen and oxygen atoms in total. The molecule has 0 unspecified atom stereocenters. The summed E-state index contributed by atoms with van der Waals surface area (Å²) < 4.78 is 43.7. The number of hydrogen-bond donors (Lipinski definition) is 0. The molecule has 1 fully saturated rings. The first kappa shape index (κ1) is 22.1.